The van der Waals surface area contributed by atoms with Crippen LogP contribution < -0.4 is 0 Å². The third kappa shape index (κ3) is 2.25. The number of benzene rings is 1. The maximum Gasteiger partial charge on any atom is 0.178 e. The van der Waals surface area contributed by atoms with Gasteiger partial charge in [0.05, 0.1) is 32.7 Å². The summed E-state index contributed by atoms with van der Waals surface area (Å²) < 4.78 is 3.96. The van der Waals surface area contributed by atoms with E-state index in [1.54, 1.807) is 11.3 Å². The van der Waals surface area contributed by atoms with Crippen LogP contribution in [0, 0.1) is 18.6 Å². The Bertz CT molecular complexity index is 844. The molecule has 1 atom stereocenters. The van der Waals surface area contributed by atoms with Crippen molar-refractivity contribution in [1.82, 2.24) is 14.5 Å². The molecule has 2 heterocycles. The molecule has 20 heavy (non-hydrogen) atoms. The number of H-pyrrole nitrogens is 1. The summed E-state index contributed by atoms with van der Waals surface area (Å²) in [5.41, 5.74) is 3.26. The number of halogens is 1. The predicted octanol–water partition coefficient (Wildman–Crippen LogP) is 5.14. The topological polar surface area (TPSA) is 33.6 Å². The number of fused-ring (bicyclic) bond motifs is 1. The monoisotopic (exact) mass is 367 g/mol. The lowest BCUT2D eigenvalue weighted by molar-refractivity contribution is 0.655. The first-order chi connectivity index (χ1) is 9.47. The summed E-state index contributed by atoms with van der Waals surface area (Å²) in [6.45, 7) is 6.27. The molecule has 0 saturated heterocycles. The second kappa shape index (κ2) is 5.09. The highest BCUT2D eigenvalue weighted by atomic mass is 79.9. The summed E-state index contributed by atoms with van der Waals surface area (Å²) in [7, 11) is 0. The summed E-state index contributed by atoms with van der Waals surface area (Å²) in [4.78, 5) is 9.06. The zero-order valence-electron chi connectivity index (χ0n) is 11.4. The number of nitrogens with zero attached hydrogens (tertiary/aromatic N) is 2. The quantitative estimate of drug-likeness (QED) is 0.635. The van der Waals surface area contributed by atoms with E-state index in [2.05, 4.69) is 56.4 Å². The Morgan fingerprint density at radius 1 is 1.40 bits per heavy atom. The van der Waals surface area contributed by atoms with Crippen LogP contribution >= 0.6 is 39.5 Å². The van der Waals surface area contributed by atoms with Crippen molar-refractivity contribution >= 4 is 50.5 Å². The Morgan fingerprint density at radius 2 is 2.15 bits per heavy atom. The van der Waals surface area contributed by atoms with Crippen LogP contribution in [0.2, 0.25) is 0 Å². The number of aryl methyl sites for hydroxylation is 2. The predicted molar refractivity (Wildman–Crippen MR) is 90.2 cm³/mol. The smallest absolute Gasteiger partial charge is 0.178 e. The highest BCUT2D eigenvalue weighted by molar-refractivity contribution is 9.10. The summed E-state index contributed by atoms with van der Waals surface area (Å²) in [5, 5.41) is 1.10. The number of imidazole rings is 1. The number of aromatic nitrogens is 3. The lowest BCUT2D eigenvalue weighted by atomic mass is 10.2. The van der Waals surface area contributed by atoms with Crippen molar-refractivity contribution in [3.05, 3.63) is 43.0 Å². The third-order valence-corrected chi connectivity index (χ3v) is 5.42. The fourth-order valence-corrected chi connectivity index (χ4v) is 4.24. The molecule has 0 radical (unpaired) electrons. The molecule has 3 aromatic rings. The number of hydrogen-bond donors (Lipinski definition) is 1. The molecule has 0 amide bonds. The highest BCUT2D eigenvalue weighted by Gasteiger charge is 2.18. The zero-order chi connectivity index (χ0) is 14.4. The van der Waals surface area contributed by atoms with Crippen LogP contribution in [-0.2, 0) is 0 Å². The van der Waals surface area contributed by atoms with Gasteiger partial charge in [0.25, 0.3) is 0 Å². The van der Waals surface area contributed by atoms with Crippen LogP contribution in [0.4, 0.5) is 0 Å². The van der Waals surface area contributed by atoms with Gasteiger partial charge in [0.1, 0.15) is 0 Å². The average molecular weight is 368 g/mol. The SMILES string of the molecule is Cc1nc(C)c(C(C)n2c(=S)[nH]c3cc(Br)ccc32)s1. The van der Waals surface area contributed by atoms with E-state index in [1.165, 1.54) is 4.88 Å². The van der Waals surface area contributed by atoms with E-state index in [1.807, 2.05) is 13.0 Å². The molecule has 1 N–H and O–H groups in total. The molecule has 104 valence electrons. The van der Waals surface area contributed by atoms with Gasteiger partial charge in [0.2, 0.25) is 0 Å². The van der Waals surface area contributed by atoms with Crippen molar-refractivity contribution in [1.29, 1.82) is 0 Å². The van der Waals surface area contributed by atoms with Crippen LogP contribution in [0.3, 0.4) is 0 Å². The molecule has 1 aromatic carbocycles. The Labute approximate surface area is 134 Å². The van der Waals surface area contributed by atoms with Crippen LogP contribution in [0.1, 0.15) is 28.5 Å². The van der Waals surface area contributed by atoms with Gasteiger partial charge in [0.15, 0.2) is 4.77 Å². The summed E-state index contributed by atoms with van der Waals surface area (Å²) in [6.07, 6.45) is 0. The van der Waals surface area contributed by atoms with Crippen molar-refractivity contribution in [3.8, 4) is 0 Å². The molecular formula is C14H14BrN3S2. The standard InChI is InChI=1S/C14H14BrN3S2/c1-7-13(20-9(3)16-7)8(2)18-12-5-4-10(15)6-11(12)17-14(18)19/h4-6,8H,1-3H3,(H,17,19). The number of nitrogens with one attached hydrogen (secondary N) is 1. The largest absolute Gasteiger partial charge is 0.331 e. The molecular weight excluding hydrogens is 354 g/mol. The average Bonchev–Trinajstić information content (AvgIpc) is 2.87. The number of hydrogen-bond acceptors (Lipinski definition) is 3. The first-order valence-corrected chi connectivity index (χ1v) is 8.33. The molecule has 0 bridgehead atoms. The van der Waals surface area contributed by atoms with Gasteiger partial charge in [-0.2, -0.15) is 0 Å². The number of aromatic amines is 1. The maximum atomic E-state index is 5.50. The first-order valence-electron chi connectivity index (χ1n) is 6.31. The van der Waals surface area contributed by atoms with E-state index in [0.717, 1.165) is 31.0 Å². The fourth-order valence-electron chi connectivity index (χ4n) is 2.54. The van der Waals surface area contributed by atoms with Crippen LogP contribution in [0.15, 0.2) is 22.7 Å². The first kappa shape index (κ1) is 14.0. The normalized spacial score (nSPS) is 13.0. The lowest BCUT2D eigenvalue weighted by Gasteiger charge is -2.13. The summed E-state index contributed by atoms with van der Waals surface area (Å²) >= 11 is 10.7. The molecule has 0 aliphatic heterocycles. The van der Waals surface area contributed by atoms with Gasteiger partial charge in [-0.15, -0.1) is 11.3 Å². The second-order valence-electron chi connectivity index (χ2n) is 4.82. The maximum absolute atomic E-state index is 5.50. The minimum atomic E-state index is 0.184. The van der Waals surface area contributed by atoms with Gasteiger partial charge in [-0.05, 0) is 51.2 Å². The summed E-state index contributed by atoms with van der Waals surface area (Å²) in [5.74, 6) is 0. The van der Waals surface area contributed by atoms with E-state index in [9.17, 15) is 0 Å². The molecule has 1 unspecified atom stereocenters. The van der Waals surface area contributed by atoms with Crippen LogP contribution in [0.5, 0.6) is 0 Å². The minimum Gasteiger partial charge on any atom is -0.331 e. The van der Waals surface area contributed by atoms with Gasteiger partial charge >= 0.3 is 0 Å². The second-order valence-corrected chi connectivity index (χ2v) is 7.36. The van der Waals surface area contributed by atoms with Crippen molar-refractivity contribution in [2.75, 3.05) is 0 Å². The lowest BCUT2D eigenvalue weighted by Crippen LogP contribution is -2.06. The fraction of sp³-hybridized carbons (Fsp3) is 0.286. The molecule has 2 aromatic heterocycles. The summed E-state index contributed by atoms with van der Waals surface area (Å²) in [6, 6.07) is 6.37. The molecule has 0 fully saturated rings. The van der Waals surface area contributed by atoms with Crippen molar-refractivity contribution in [2.24, 2.45) is 0 Å². The van der Waals surface area contributed by atoms with E-state index in [0.29, 0.717) is 0 Å². The molecule has 6 heteroatoms. The molecule has 3 nitrogen and oxygen atoms in total. The van der Waals surface area contributed by atoms with Gasteiger partial charge in [-0.1, -0.05) is 15.9 Å². The van der Waals surface area contributed by atoms with Gasteiger partial charge in [-0.25, -0.2) is 4.98 Å². The van der Waals surface area contributed by atoms with E-state index in [-0.39, 0.29) is 6.04 Å². The number of thiazole rings is 1. The van der Waals surface area contributed by atoms with Crippen LogP contribution in [-0.4, -0.2) is 14.5 Å². The van der Waals surface area contributed by atoms with E-state index in [4.69, 9.17) is 12.2 Å². The van der Waals surface area contributed by atoms with Gasteiger partial charge in [0, 0.05) is 4.47 Å². The molecule has 0 saturated carbocycles. The van der Waals surface area contributed by atoms with Crippen LogP contribution in [0.25, 0.3) is 11.0 Å². The van der Waals surface area contributed by atoms with E-state index < -0.39 is 0 Å². The molecule has 3 rings (SSSR count). The highest BCUT2D eigenvalue weighted by Crippen LogP contribution is 2.31. The van der Waals surface area contributed by atoms with Crippen molar-refractivity contribution < 1.29 is 0 Å². The zero-order valence-corrected chi connectivity index (χ0v) is 14.6. The number of rotatable bonds is 2. The Hall–Kier alpha value is -0.980. The Kier molecular flexibility index (Phi) is 3.56. The van der Waals surface area contributed by atoms with Crippen molar-refractivity contribution in [3.63, 3.8) is 0 Å². The Balaban J connectivity index is 2.21. The Morgan fingerprint density at radius 3 is 2.80 bits per heavy atom. The van der Waals surface area contributed by atoms with Crippen molar-refractivity contribution in [2.45, 2.75) is 26.8 Å². The van der Waals surface area contributed by atoms with Gasteiger partial charge < -0.3 is 9.55 Å². The van der Waals surface area contributed by atoms with E-state index >= 15 is 0 Å². The third-order valence-electron chi connectivity index (χ3n) is 3.38. The molecule has 0 aliphatic carbocycles. The molecule has 0 spiro atoms. The minimum absolute atomic E-state index is 0.184. The molecule has 0 aliphatic rings. The van der Waals surface area contributed by atoms with Gasteiger partial charge in [-0.3, -0.25) is 0 Å².